The summed E-state index contributed by atoms with van der Waals surface area (Å²) in [6, 6.07) is 8.17. The molecule has 1 aliphatic heterocycles. The Morgan fingerprint density at radius 3 is 2.37 bits per heavy atom. The van der Waals surface area contributed by atoms with Crippen molar-refractivity contribution in [2.24, 2.45) is 5.10 Å². The van der Waals surface area contributed by atoms with Crippen LogP contribution in [-0.2, 0) is 0 Å². The summed E-state index contributed by atoms with van der Waals surface area (Å²) in [7, 11) is 0. The van der Waals surface area contributed by atoms with Crippen molar-refractivity contribution in [1.29, 1.82) is 0 Å². The van der Waals surface area contributed by atoms with E-state index < -0.39 is 11.6 Å². The molecule has 0 aliphatic carbocycles. The van der Waals surface area contributed by atoms with Gasteiger partial charge in [-0.1, -0.05) is 13.0 Å². The maximum Gasteiger partial charge on any atom is 0.151 e. The van der Waals surface area contributed by atoms with Gasteiger partial charge in [-0.15, -0.1) is 0 Å². The lowest BCUT2D eigenvalue weighted by Gasteiger charge is -2.35. The van der Waals surface area contributed by atoms with E-state index in [1.165, 1.54) is 12.1 Å². The minimum absolute atomic E-state index is 0.0571. The zero-order valence-corrected chi connectivity index (χ0v) is 15.5. The molecule has 4 nitrogen and oxygen atoms in total. The molecule has 1 saturated heterocycles. The Bertz CT molecular complexity index is 830. The smallest absolute Gasteiger partial charge is 0.151 e. The predicted octanol–water partition coefficient (Wildman–Crippen LogP) is 4.08. The molecule has 2 aromatic rings. The molecular formula is C20H23F3N4. The first-order chi connectivity index (χ1) is 13.0. The second-order valence-corrected chi connectivity index (χ2v) is 6.52. The number of hydrogen-bond donors (Lipinski definition) is 1. The fourth-order valence-corrected chi connectivity index (χ4v) is 3.08. The van der Waals surface area contributed by atoms with E-state index in [4.69, 9.17) is 0 Å². The first-order valence-electron chi connectivity index (χ1n) is 9.00. The molecule has 144 valence electrons. The Balaban J connectivity index is 1.70. The van der Waals surface area contributed by atoms with E-state index in [9.17, 15) is 13.2 Å². The standard InChI is InChI=1S/C20H23F3N4/c1-3-26-8-10-27(11-9-26)20-7-4-15(12-18(20)23)14(2)24-25-19-6-5-16(21)13-17(19)22/h4-7,12-13,25H,3,8-11H2,1-2H3/b24-14-. The Morgan fingerprint density at radius 2 is 1.74 bits per heavy atom. The molecule has 0 aromatic heterocycles. The van der Waals surface area contributed by atoms with Gasteiger partial charge in [0.15, 0.2) is 5.82 Å². The molecule has 1 aliphatic rings. The molecule has 1 heterocycles. The fourth-order valence-electron chi connectivity index (χ4n) is 3.08. The summed E-state index contributed by atoms with van der Waals surface area (Å²) in [4.78, 5) is 4.38. The quantitative estimate of drug-likeness (QED) is 0.630. The van der Waals surface area contributed by atoms with Crippen molar-refractivity contribution in [3.8, 4) is 0 Å². The Hall–Kier alpha value is -2.54. The maximum absolute atomic E-state index is 14.6. The lowest BCUT2D eigenvalue weighted by Crippen LogP contribution is -2.46. The zero-order valence-electron chi connectivity index (χ0n) is 15.5. The highest BCUT2D eigenvalue weighted by atomic mass is 19.1. The summed E-state index contributed by atoms with van der Waals surface area (Å²) >= 11 is 0. The molecule has 2 aromatic carbocycles. The van der Waals surface area contributed by atoms with E-state index in [2.05, 4.69) is 22.4 Å². The molecule has 3 rings (SSSR count). The van der Waals surface area contributed by atoms with Gasteiger partial charge in [-0.3, -0.25) is 5.43 Å². The van der Waals surface area contributed by atoms with Crippen LogP contribution in [0, 0.1) is 17.5 Å². The van der Waals surface area contributed by atoms with Crippen molar-refractivity contribution < 1.29 is 13.2 Å². The van der Waals surface area contributed by atoms with Gasteiger partial charge in [0.2, 0.25) is 0 Å². The van der Waals surface area contributed by atoms with E-state index in [1.807, 2.05) is 4.90 Å². The maximum atomic E-state index is 14.6. The van der Waals surface area contributed by atoms with E-state index in [1.54, 1.807) is 19.1 Å². The normalized spacial score (nSPS) is 15.9. The van der Waals surface area contributed by atoms with Gasteiger partial charge in [-0.2, -0.15) is 5.10 Å². The number of likely N-dealkylation sites (N-methyl/N-ethyl adjacent to an activating group) is 1. The van der Waals surface area contributed by atoms with Crippen molar-refractivity contribution in [2.45, 2.75) is 13.8 Å². The summed E-state index contributed by atoms with van der Waals surface area (Å²) in [6.45, 7) is 8.26. The second kappa shape index (κ2) is 8.43. The number of piperazine rings is 1. The first-order valence-corrected chi connectivity index (χ1v) is 9.00. The Labute approximate surface area is 157 Å². The molecule has 7 heteroatoms. The molecule has 0 radical (unpaired) electrons. The summed E-state index contributed by atoms with van der Waals surface area (Å²) < 4.78 is 41.2. The average molecular weight is 376 g/mol. The van der Waals surface area contributed by atoms with Crippen molar-refractivity contribution in [3.63, 3.8) is 0 Å². The molecular weight excluding hydrogens is 353 g/mol. The lowest BCUT2D eigenvalue weighted by atomic mass is 10.1. The molecule has 0 amide bonds. The van der Waals surface area contributed by atoms with Gasteiger partial charge in [0, 0.05) is 37.8 Å². The summed E-state index contributed by atoms with van der Waals surface area (Å²) in [5.41, 5.74) is 4.29. The summed E-state index contributed by atoms with van der Waals surface area (Å²) in [6.07, 6.45) is 0. The van der Waals surface area contributed by atoms with Gasteiger partial charge in [0.25, 0.3) is 0 Å². The van der Waals surface area contributed by atoms with Crippen molar-refractivity contribution in [3.05, 3.63) is 59.4 Å². The first kappa shape index (κ1) is 19.2. The second-order valence-electron chi connectivity index (χ2n) is 6.52. The van der Waals surface area contributed by atoms with Crippen molar-refractivity contribution >= 4 is 17.1 Å². The molecule has 27 heavy (non-hydrogen) atoms. The van der Waals surface area contributed by atoms with Crippen LogP contribution in [0.15, 0.2) is 41.5 Å². The lowest BCUT2D eigenvalue weighted by molar-refractivity contribution is 0.270. The van der Waals surface area contributed by atoms with Crippen molar-refractivity contribution in [1.82, 2.24) is 4.90 Å². The van der Waals surface area contributed by atoms with Crippen LogP contribution in [-0.4, -0.2) is 43.3 Å². The van der Waals surface area contributed by atoms with Crippen molar-refractivity contribution in [2.75, 3.05) is 43.0 Å². The van der Waals surface area contributed by atoms with Crippen LogP contribution in [0.4, 0.5) is 24.5 Å². The summed E-state index contributed by atoms with van der Waals surface area (Å²) in [5.74, 6) is -1.70. The number of halogens is 3. The number of hydrogen-bond acceptors (Lipinski definition) is 4. The van der Waals surface area contributed by atoms with Crippen LogP contribution in [0.3, 0.4) is 0 Å². The SMILES string of the molecule is CCN1CCN(c2ccc(/C(C)=N\Nc3ccc(F)cc3F)cc2F)CC1. The van der Waals surface area contributed by atoms with E-state index >= 15 is 0 Å². The number of nitrogens with zero attached hydrogens (tertiary/aromatic N) is 3. The molecule has 1 N–H and O–H groups in total. The van der Waals surface area contributed by atoms with Crippen LogP contribution in [0.1, 0.15) is 19.4 Å². The Kier molecular flexibility index (Phi) is 6.01. The molecule has 0 saturated carbocycles. The van der Waals surface area contributed by atoms with Crippen LogP contribution >= 0.6 is 0 Å². The fraction of sp³-hybridized carbons (Fsp3) is 0.350. The highest BCUT2D eigenvalue weighted by Crippen LogP contribution is 2.23. The number of rotatable bonds is 5. The molecule has 0 bridgehead atoms. The van der Waals surface area contributed by atoms with Crippen LogP contribution in [0.25, 0.3) is 0 Å². The van der Waals surface area contributed by atoms with Gasteiger partial charge in [-0.05, 0) is 37.7 Å². The van der Waals surface area contributed by atoms with Gasteiger partial charge in [0.1, 0.15) is 11.6 Å². The van der Waals surface area contributed by atoms with E-state index in [-0.39, 0.29) is 11.5 Å². The predicted molar refractivity (Wildman–Crippen MR) is 103 cm³/mol. The van der Waals surface area contributed by atoms with Gasteiger partial charge < -0.3 is 9.80 Å². The molecule has 0 spiro atoms. The van der Waals surface area contributed by atoms with Crippen LogP contribution in [0.5, 0.6) is 0 Å². The third-order valence-corrected chi connectivity index (χ3v) is 4.80. The minimum atomic E-state index is -0.737. The van der Waals surface area contributed by atoms with Gasteiger partial charge in [0.05, 0.1) is 17.1 Å². The van der Waals surface area contributed by atoms with E-state index in [0.29, 0.717) is 17.0 Å². The van der Waals surface area contributed by atoms with Crippen LogP contribution in [0.2, 0.25) is 0 Å². The largest absolute Gasteiger partial charge is 0.367 e. The minimum Gasteiger partial charge on any atom is -0.367 e. The van der Waals surface area contributed by atoms with Crippen LogP contribution < -0.4 is 10.3 Å². The number of hydrazone groups is 1. The van der Waals surface area contributed by atoms with E-state index in [0.717, 1.165) is 44.9 Å². The highest BCUT2D eigenvalue weighted by Gasteiger charge is 2.18. The number of anilines is 2. The average Bonchev–Trinajstić information content (AvgIpc) is 2.67. The summed E-state index contributed by atoms with van der Waals surface area (Å²) in [5, 5.41) is 4.08. The molecule has 0 unspecified atom stereocenters. The van der Waals surface area contributed by atoms with Gasteiger partial charge >= 0.3 is 0 Å². The Morgan fingerprint density at radius 1 is 1.00 bits per heavy atom. The molecule has 0 atom stereocenters. The van der Waals surface area contributed by atoms with Gasteiger partial charge in [-0.25, -0.2) is 13.2 Å². The monoisotopic (exact) mass is 376 g/mol. The molecule has 1 fully saturated rings. The topological polar surface area (TPSA) is 30.9 Å². The number of benzene rings is 2. The third-order valence-electron chi connectivity index (χ3n) is 4.80. The third kappa shape index (κ3) is 4.60. The highest BCUT2D eigenvalue weighted by molar-refractivity contribution is 5.99. The zero-order chi connectivity index (χ0) is 19.4. The number of nitrogens with one attached hydrogen (secondary N) is 1.